The van der Waals surface area contributed by atoms with Gasteiger partial charge in [0.1, 0.15) is 0 Å². The first kappa shape index (κ1) is 15.7. The maximum atomic E-state index is 6.39. The van der Waals surface area contributed by atoms with Crippen molar-refractivity contribution in [1.82, 2.24) is 9.78 Å². The molecule has 0 radical (unpaired) electrons. The minimum absolute atomic E-state index is 0.0126. The van der Waals surface area contributed by atoms with Crippen LogP contribution in [0.2, 0.25) is 0 Å². The molecule has 1 aromatic heterocycles. The first-order valence-electron chi connectivity index (χ1n) is 6.61. The van der Waals surface area contributed by atoms with Crippen LogP contribution in [0.25, 0.3) is 0 Å². The van der Waals surface area contributed by atoms with E-state index in [1.165, 1.54) is 0 Å². The Morgan fingerprint density at radius 1 is 1.44 bits per heavy atom. The van der Waals surface area contributed by atoms with Crippen LogP contribution in [0.1, 0.15) is 45.9 Å². The highest BCUT2D eigenvalue weighted by Crippen LogP contribution is 2.28. The number of ether oxygens (including phenoxy) is 1. The second-order valence-electron chi connectivity index (χ2n) is 4.79. The fourth-order valence-corrected chi connectivity index (χ4v) is 2.71. The van der Waals surface area contributed by atoms with E-state index in [0.29, 0.717) is 12.5 Å². The standard InChI is InChI=1S/C13H24BrN3O/c1-5-7-17-12(10(14)8-16-17)11(15)13(9(3)4)18-6-2/h8-9,11,13H,5-7,15H2,1-4H3. The Kier molecular flexibility index (Phi) is 6.32. The normalized spacial score (nSPS) is 15.1. The van der Waals surface area contributed by atoms with Crippen molar-refractivity contribution in [3.8, 4) is 0 Å². The SMILES string of the molecule is CCCn1ncc(Br)c1C(N)C(OCC)C(C)C. The van der Waals surface area contributed by atoms with Crippen LogP contribution in [0, 0.1) is 5.92 Å². The molecule has 0 amide bonds. The van der Waals surface area contributed by atoms with E-state index in [2.05, 4.69) is 41.8 Å². The molecule has 1 rings (SSSR count). The van der Waals surface area contributed by atoms with E-state index in [-0.39, 0.29) is 12.1 Å². The highest BCUT2D eigenvalue weighted by atomic mass is 79.9. The molecule has 1 aromatic rings. The topological polar surface area (TPSA) is 53.1 Å². The molecule has 104 valence electrons. The lowest BCUT2D eigenvalue weighted by Crippen LogP contribution is -2.35. The third-order valence-corrected chi connectivity index (χ3v) is 3.57. The lowest BCUT2D eigenvalue weighted by molar-refractivity contribution is 0.0101. The summed E-state index contributed by atoms with van der Waals surface area (Å²) in [5, 5.41) is 4.36. The predicted octanol–water partition coefficient (Wildman–Crippen LogP) is 3.12. The van der Waals surface area contributed by atoms with Crippen molar-refractivity contribution in [3.05, 3.63) is 16.4 Å². The zero-order chi connectivity index (χ0) is 13.7. The molecule has 5 heteroatoms. The molecule has 0 aliphatic rings. The molecule has 2 N–H and O–H groups in total. The average molecular weight is 318 g/mol. The summed E-state index contributed by atoms with van der Waals surface area (Å²) in [6.45, 7) is 9.96. The van der Waals surface area contributed by atoms with Crippen molar-refractivity contribution in [2.75, 3.05) is 6.61 Å². The number of hydrogen-bond acceptors (Lipinski definition) is 3. The van der Waals surface area contributed by atoms with Crippen LogP contribution < -0.4 is 5.73 Å². The minimum atomic E-state index is -0.159. The van der Waals surface area contributed by atoms with Gasteiger partial charge in [0, 0.05) is 13.2 Å². The van der Waals surface area contributed by atoms with E-state index in [4.69, 9.17) is 10.5 Å². The van der Waals surface area contributed by atoms with Gasteiger partial charge in [0.25, 0.3) is 0 Å². The quantitative estimate of drug-likeness (QED) is 0.840. The summed E-state index contributed by atoms with van der Waals surface area (Å²) in [5.41, 5.74) is 7.42. The van der Waals surface area contributed by atoms with Gasteiger partial charge in [-0.2, -0.15) is 5.10 Å². The van der Waals surface area contributed by atoms with E-state index in [9.17, 15) is 0 Å². The number of rotatable bonds is 7. The van der Waals surface area contributed by atoms with Gasteiger partial charge in [0.15, 0.2) is 0 Å². The van der Waals surface area contributed by atoms with Crippen LogP contribution in [0.15, 0.2) is 10.7 Å². The molecule has 18 heavy (non-hydrogen) atoms. The molecule has 0 saturated heterocycles. The van der Waals surface area contributed by atoms with Gasteiger partial charge < -0.3 is 10.5 Å². The Hall–Kier alpha value is -0.390. The van der Waals surface area contributed by atoms with Gasteiger partial charge in [-0.1, -0.05) is 20.8 Å². The summed E-state index contributed by atoms with van der Waals surface area (Å²) in [6.07, 6.45) is 2.86. The molecule has 0 aliphatic carbocycles. The van der Waals surface area contributed by atoms with E-state index < -0.39 is 0 Å². The van der Waals surface area contributed by atoms with Gasteiger partial charge in [-0.3, -0.25) is 4.68 Å². The van der Waals surface area contributed by atoms with E-state index in [1.54, 1.807) is 0 Å². The first-order valence-corrected chi connectivity index (χ1v) is 7.40. The number of nitrogens with zero attached hydrogens (tertiary/aromatic N) is 2. The molecular formula is C13H24BrN3O. The fraction of sp³-hybridized carbons (Fsp3) is 0.769. The molecule has 2 atom stereocenters. The highest BCUT2D eigenvalue weighted by molar-refractivity contribution is 9.10. The lowest BCUT2D eigenvalue weighted by Gasteiger charge is -2.28. The van der Waals surface area contributed by atoms with Crippen LogP contribution >= 0.6 is 15.9 Å². The number of halogens is 1. The van der Waals surface area contributed by atoms with Gasteiger partial charge in [0.2, 0.25) is 0 Å². The van der Waals surface area contributed by atoms with Gasteiger partial charge in [-0.15, -0.1) is 0 Å². The Morgan fingerprint density at radius 2 is 2.11 bits per heavy atom. The molecule has 2 unspecified atom stereocenters. The summed E-state index contributed by atoms with van der Waals surface area (Å²) >= 11 is 3.54. The number of aryl methyl sites for hydroxylation is 1. The van der Waals surface area contributed by atoms with Crippen LogP contribution in [-0.2, 0) is 11.3 Å². The Bertz CT molecular complexity index is 365. The molecular weight excluding hydrogens is 294 g/mol. The van der Waals surface area contributed by atoms with Crippen molar-refractivity contribution in [2.24, 2.45) is 11.7 Å². The Labute approximate surface area is 118 Å². The van der Waals surface area contributed by atoms with Crippen LogP contribution in [0.5, 0.6) is 0 Å². The number of aromatic nitrogens is 2. The maximum Gasteiger partial charge on any atom is 0.0805 e. The van der Waals surface area contributed by atoms with Crippen molar-refractivity contribution in [1.29, 1.82) is 0 Å². The van der Waals surface area contributed by atoms with Gasteiger partial charge >= 0.3 is 0 Å². The molecule has 1 heterocycles. The summed E-state index contributed by atoms with van der Waals surface area (Å²) in [6, 6.07) is -0.159. The van der Waals surface area contributed by atoms with Gasteiger partial charge in [0.05, 0.1) is 28.5 Å². The second-order valence-corrected chi connectivity index (χ2v) is 5.64. The van der Waals surface area contributed by atoms with Crippen molar-refractivity contribution >= 4 is 15.9 Å². The largest absolute Gasteiger partial charge is 0.376 e. The summed E-state index contributed by atoms with van der Waals surface area (Å²) < 4.78 is 8.73. The smallest absolute Gasteiger partial charge is 0.0805 e. The van der Waals surface area contributed by atoms with E-state index in [0.717, 1.165) is 23.1 Å². The third kappa shape index (κ3) is 3.56. The molecule has 4 nitrogen and oxygen atoms in total. The molecule has 0 saturated carbocycles. The molecule has 0 bridgehead atoms. The van der Waals surface area contributed by atoms with Gasteiger partial charge in [-0.25, -0.2) is 0 Å². The zero-order valence-electron chi connectivity index (χ0n) is 11.7. The van der Waals surface area contributed by atoms with E-state index >= 15 is 0 Å². The Balaban J connectivity index is 2.99. The Morgan fingerprint density at radius 3 is 2.61 bits per heavy atom. The zero-order valence-corrected chi connectivity index (χ0v) is 13.3. The van der Waals surface area contributed by atoms with Crippen molar-refractivity contribution in [2.45, 2.75) is 52.8 Å². The van der Waals surface area contributed by atoms with Crippen molar-refractivity contribution in [3.63, 3.8) is 0 Å². The van der Waals surface area contributed by atoms with Gasteiger partial charge in [-0.05, 0) is 35.2 Å². The molecule has 0 spiro atoms. The van der Waals surface area contributed by atoms with E-state index in [1.807, 2.05) is 17.8 Å². The fourth-order valence-electron chi connectivity index (χ4n) is 2.15. The highest BCUT2D eigenvalue weighted by Gasteiger charge is 2.27. The number of nitrogens with two attached hydrogens (primary N) is 1. The molecule has 0 aliphatic heterocycles. The number of hydrogen-bond donors (Lipinski definition) is 1. The summed E-state index contributed by atoms with van der Waals surface area (Å²) in [7, 11) is 0. The van der Waals surface area contributed by atoms with Crippen LogP contribution in [-0.4, -0.2) is 22.5 Å². The summed E-state index contributed by atoms with van der Waals surface area (Å²) in [5.74, 6) is 0.372. The van der Waals surface area contributed by atoms with Crippen LogP contribution in [0.4, 0.5) is 0 Å². The molecule has 0 fully saturated rings. The summed E-state index contributed by atoms with van der Waals surface area (Å²) in [4.78, 5) is 0. The maximum absolute atomic E-state index is 6.39. The van der Waals surface area contributed by atoms with Crippen LogP contribution in [0.3, 0.4) is 0 Å². The average Bonchev–Trinajstić information content (AvgIpc) is 2.67. The van der Waals surface area contributed by atoms with Crippen molar-refractivity contribution < 1.29 is 4.74 Å². The predicted molar refractivity (Wildman–Crippen MR) is 77.4 cm³/mol. The minimum Gasteiger partial charge on any atom is -0.376 e. The second kappa shape index (κ2) is 7.26. The third-order valence-electron chi connectivity index (χ3n) is 2.95. The lowest BCUT2D eigenvalue weighted by atomic mass is 9.97. The first-order chi connectivity index (χ1) is 8.52. The molecule has 0 aromatic carbocycles. The monoisotopic (exact) mass is 317 g/mol.